The van der Waals surface area contributed by atoms with Gasteiger partial charge < -0.3 is 30.5 Å². The first-order valence-corrected chi connectivity index (χ1v) is 6.25. The van der Waals surface area contributed by atoms with E-state index in [0.29, 0.717) is 0 Å². The maximum absolute atomic E-state index is 10.5. The standard InChI is InChI=1S/C12H16N2O7/c13-5-8-9(15)10(16)11(17)12(21-8)20-7-3-1-6(2-4-7)14(18)19/h1-4,8-12,15-17H,5,13H2/t8?,9?,10?,11-,12?/m0/s1. The van der Waals surface area contributed by atoms with Crippen LogP contribution in [0, 0.1) is 10.1 Å². The maximum atomic E-state index is 10.5. The minimum atomic E-state index is -1.47. The highest BCUT2D eigenvalue weighted by molar-refractivity contribution is 5.36. The van der Waals surface area contributed by atoms with Crippen LogP contribution < -0.4 is 10.5 Å². The normalized spacial score (nSPS) is 32.7. The highest BCUT2D eigenvalue weighted by Gasteiger charge is 2.44. The number of aliphatic hydroxyl groups is 3. The second-order valence-corrected chi connectivity index (χ2v) is 4.62. The molecule has 5 atom stereocenters. The van der Waals surface area contributed by atoms with Gasteiger partial charge in [0.2, 0.25) is 6.29 Å². The summed E-state index contributed by atoms with van der Waals surface area (Å²) in [7, 11) is 0. The Morgan fingerprint density at radius 3 is 2.33 bits per heavy atom. The van der Waals surface area contributed by atoms with E-state index in [1.807, 2.05) is 0 Å². The zero-order valence-corrected chi connectivity index (χ0v) is 10.9. The van der Waals surface area contributed by atoms with E-state index in [9.17, 15) is 25.4 Å². The molecule has 0 bridgehead atoms. The molecule has 4 unspecified atom stereocenters. The predicted octanol–water partition coefficient (Wildman–Crippen LogP) is -1.26. The lowest BCUT2D eigenvalue weighted by molar-refractivity contribution is -0.384. The third-order valence-electron chi connectivity index (χ3n) is 3.20. The zero-order valence-electron chi connectivity index (χ0n) is 10.9. The first-order chi connectivity index (χ1) is 9.93. The summed E-state index contributed by atoms with van der Waals surface area (Å²) in [5.74, 6) is 0.212. The molecule has 2 rings (SSSR count). The molecule has 1 fully saturated rings. The summed E-state index contributed by atoms with van der Waals surface area (Å²) in [6, 6.07) is 5.14. The second kappa shape index (κ2) is 6.33. The number of hydrogen-bond donors (Lipinski definition) is 4. The van der Waals surface area contributed by atoms with Crippen molar-refractivity contribution in [3.05, 3.63) is 34.4 Å². The number of nitrogens with two attached hydrogens (primary N) is 1. The Morgan fingerprint density at radius 1 is 1.19 bits per heavy atom. The lowest BCUT2D eigenvalue weighted by Gasteiger charge is -2.39. The molecule has 9 nitrogen and oxygen atoms in total. The summed E-state index contributed by atoms with van der Waals surface area (Å²) >= 11 is 0. The molecule has 1 aromatic rings. The first kappa shape index (κ1) is 15.6. The molecule has 116 valence electrons. The summed E-state index contributed by atoms with van der Waals surface area (Å²) in [5.41, 5.74) is 5.29. The topological polar surface area (TPSA) is 148 Å². The van der Waals surface area contributed by atoms with Crippen LogP contribution in [0.15, 0.2) is 24.3 Å². The fourth-order valence-electron chi connectivity index (χ4n) is 1.99. The summed E-state index contributed by atoms with van der Waals surface area (Å²) in [6.07, 6.45) is -6.38. The number of nitro benzene ring substituents is 1. The molecule has 1 aromatic carbocycles. The Hall–Kier alpha value is -1.78. The summed E-state index contributed by atoms with van der Waals surface area (Å²) in [5, 5.41) is 39.7. The minimum Gasteiger partial charge on any atom is -0.462 e. The van der Waals surface area contributed by atoms with Gasteiger partial charge in [-0.2, -0.15) is 0 Å². The molecular weight excluding hydrogens is 284 g/mol. The summed E-state index contributed by atoms with van der Waals surface area (Å²) in [4.78, 5) is 9.99. The van der Waals surface area contributed by atoms with Crippen LogP contribution in [0.3, 0.4) is 0 Å². The number of nitrogens with zero attached hydrogens (tertiary/aromatic N) is 1. The van der Waals surface area contributed by atoms with E-state index in [1.165, 1.54) is 24.3 Å². The molecule has 1 aliphatic rings. The van der Waals surface area contributed by atoms with Gasteiger partial charge >= 0.3 is 0 Å². The van der Waals surface area contributed by atoms with Crippen molar-refractivity contribution in [1.82, 2.24) is 0 Å². The Bertz CT molecular complexity index is 493. The van der Waals surface area contributed by atoms with Gasteiger partial charge in [0.05, 0.1) is 4.92 Å². The van der Waals surface area contributed by atoms with Crippen molar-refractivity contribution in [2.75, 3.05) is 6.54 Å². The van der Waals surface area contributed by atoms with Crippen molar-refractivity contribution in [3.8, 4) is 5.75 Å². The van der Waals surface area contributed by atoms with E-state index in [0.717, 1.165) is 0 Å². The van der Waals surface area contributed by atoms with Gasteiger partial charge in [0.25, 0.3) is 5.69 Å². The molecule has 1 aliphatic heterocycles. The van der Waals surface area contributed by atoms with Gasteiger partial charge in [0.15, 0.2) is 0 Å². The van der Waals surface area contributed by atoms with Crippen LogP contribution in [0.5, 0.6) is 5.75 Å². The molecule has 0 spiro atoms. The Balaban J connectivity index is 2.08. The molecular formula is C12H16N2O7. The lowest BCUT2D eigenvalue weighted by atomic mass is 9.99. The molecule has 9 heteroatoms. The van der Waals surface area contributed by atoms with Crippen LogP contribution in [0.2, 0.25) is 0 Å². The van der Waals surface area contributed by atoms with Crippen LogP contribution in [0.25, 0.3) is 0 Å². The van der Waals surface area contributed by atoms with E-state index in [2.05, 4.69) is 0 Å². The SMILES string of the molecule is NCC1OC(Oc2ccc([N+](=O)[O-])cc2)[C@@H](O)C(O)C1O. The largest absolute Gasteiger partial charge is 0.462 e. The smallest absolute Gasteiger partial charge is 0.269 e. The van der Waals surface area contributed by atoms with Gasteiger partial charge in [-0.1, -0.05) is 0 Å². The van der Waals surface area contributed by atoms with E-state index >= 15 is 0 Å². The molecule has 0 radical (unpaired) electrons. The van der Waals surface area contributed by atoms with Gasteiger partial charge in [-0.15, -0.1) is 0 Å². The van der Waals surface area contributed by atoms with Crippen molar-refractivity contribution in [2.45, 2.75) is 30.7 Å². The number of nitro groups is 1. The Labute approximate surface area is 119 Å². The third-order valence-corrected chi connectivity index (χ3v) is 3.20. The van der Waals surface area contributed by atoms with Crippen LogP contribution >= 0.6 is 0 Å². The molecule has 1 saturated heterocycles. The highest BCUT2D eigenvalue weighted by Crippen LogP contribution is 2.25. The number of non-ortho nitro benzene ring substituents is 1. The fourth-order valence-corrected chi connectivity index (χ4v) is 1.99. The van der Waals surface area contributed by atoms with Gasteiger partial charge in [0.1, 0.15) is 30.2 Å². The van der Waals surface area contributed by atoms with Crippen molar-refractivity contribution in [3.63, 3.8) is 0 Å². The average Bonchev–Trinajstić information content (AvgIpc) is 2.48. The summed E-state index contributed by atoms with van der Waals surface area (Å²) in [6.45, 7) is -0.0644. The molecule has 21 heavy (non-hydrogen) atoms. The number of aliphatic hydroxyl groups excluding tert-OH is 3. The van der Waals surface area contributed by atoms with Gasteiger partial charge in [-0.3, -0.25) is 10.1 Å². The summed E-state index contributed by atoms with van der Waals surface area (Å²) < 4.78 is 10.6. The van der Waals surface area contributed by atoms with Gasteiger partial charge in [0, 0.05) is 18.7 Å². The monoisotopic (exact) mass is 300 g/mol. The molecule has 0 saturated carbocycles. The first-order valence-electron chi connectivity index (χ1n) is 6.25. The number of hydrogen-bond acceptors (Lipinski definition) is 8. The molecule has 0 aliphatic carbocycles. The number of benzene rings is 1. The highest BCUT2D eigenvalue weighted by atomic mass is 16.7. The quantitative estimate of drug-likeness (QED) is 0.397. The Kier molecular flexibility index (Phi) is 4.70. The zero-order chi connectivity index (χ0) is 15.6. The predicted molar refractivity (Wildman–Crippen MR) is 69.5 cm³/mol. The van der Waals surface area contributed by atoms with Gasteiger partial charge in [-0.25, -0.2) is 0 Å². The van der Waals surface area contributed by atoms with E-state index in [-0.39, 0.29) is 18.0 Å². The fraction of sp³-hybridized carbons (Fsp3) is 0.500. The van der Waals surface area contributed by atoms with Crippen molar-refractivity contribution >= 4 is 5.69 Å². The van der Waals surface area contributed by atoms with E-state index in [4.69, 9.17) is 15.2 Å². The third kappa shape index (κ3) is 3.28. The van der Waals surface area contributed by atoms with Crippen LogP contribution in [-0.4, -0.2) is 57.5 Å². The maximum Gasteiger partial charge on any atom is 0.269 e. The molecule has 0 amide bonds. The van der Waals surface area contributed by atoms with E-state index < -0.39 is 35.6 Å². The van der Waals surface area contributed by atoms with Crippen LogP contribution in [-0.2, 0) is 4.74 Å². The Morgan fingerprint density at radius 2 is 1.81 bits per heavy atom. The molecule has 1 heterocycles. The lowest BCUT2D eigenvalue weighted by Crippen LogP contribution is -2.60. The number of rotatable bonds is 4. The second-order valence-electron chi connectivity index (χ2n) is 4.62. The number of ether oxygens (including phenoxy) is 2. The molecule has 5 N–H and O–H groups in total. The van der Waals surface area contributed by atoms with Crippen molar-refractivity contribution in [2.24, 2.45) is 5.73 Å². The molecule has 0 aromatic heterocycles. The van der Waals surface area contributed by atoms with Crippen LogP contribution in [0.1, 0.15) is 0 Å². The van der Waals surface area contributed by atoms with Crippen molar-refractivity contribution < 1.29 is 29.7 Å². The minimum absolute atomic E-state index is 0.0644. The van der Waals surface area contributed by atoms with E-state index in [1.54, 1.807) is 0 Å². The van der Waals surface area contributed by atoms with Crippen LogP contribution in [0.4, 0.5) is 5.69 Å². The van der Waals surface area contributed by atoms with Crippen molar-refractivity contribution in [1.29, 1.82) is 0 Å². The average molecular weight is 300 g/mol. The van der Waals surface area contributed by atoms with Gasteiger partial charge in [-0.05, 0) is 12.1 Å².